The zero-order valence-electron chi connectivity index (χ0n) is 18.6. The average Bonchev–Trinajstić information content (AvgIpc) is 2.84. The summed E-state index contributed by atoms with van der Waals surface area (Å²) < 4.78 is 46.0. The Hall–Kier alpha value is -2.16. The lowest BCUT2D eigenvalue weighted by molar-refractivity contribution is 0.0518. The largest absolute Gasteiger partial charge is 0.467 e. The maximum absolute atomic E-state index is 14.6. The van der Waals surface area contributed by atoms with Crippen LogP contribution in [0, 0.1) is 0 Å². The van der Waals surface area contributed by atoms with Crippen LogP contribution in [0.15, 0.2) is 84.9 Å². The highest BCUT2D eigenvalue weighted by Crippen LogP contribution is 2.61. The third-order valence-electron chi connectivity index (χ3n) is 5.09. The van der Waals surface area contributed by atoms with Crippen LogP contribution in [0.2, 0.25) is 0 Å². The van der Waals surface area contributed by atoms with Gasteiger partial charge in [-0.05, 0) is 18.6 Å². The van der Waals surface area contributed by atoms with E-state index >= 15 is 0 Å². The van der Waals surface area contributed by atoms with Gasteiger partial charge in [0.2, 0.25) is 7.37 Å². The Labute approximate surface area is 190 Å². The smallest absolute Gasteiger partial charge is 0.243 e. The van der Waals surface area contributed by atoms with E-state index in [0.717, 1.165) is 12.8 Å². The van der Waals surface area contributed by atoms with Crippen molar-refractivity contribution in [1.29, 1.82) is 0 Å². The normalized spacial score (nSPS) is 13.4. The van der Waals surface area contributed by atoms with Gasteiger partial charge in [-0.2, -0.15) is 0 Å². The molecule has 0 heterocycles. The summed E-state index contributed by atoms with van der Waals surface area (Å²) in [6.45, 7) is 2.37. The summed E-state index contributed by atoms with van der Waals surface area (Å²) in [6.07, 6.45) is 1.66. The molecule has 0 radical (unpaired) electrons. The quantitative estimate of drug-likeness (QED) is 0.202. The second-order valence-electron chi connectivity index (χ2n) is 7.43. The predicted octanol–water partition coefficient (Wildman–Crippen LogP) is 5.36. The molecule has 0 aliphatic heterocycles. The van der Waals surface area contributed by atoms with Gasteiger partial charge in [0.1, 0.15) is 5.75 Å². The van der Waals surface area contributed by atoms with Crippen LogP contribution in [-0.4, -0.2) is 26.4 Å². The minimum absolute atomic E-state index is 0.0149. The highest BCUT2D eigenvalue weighted by molar-refractivity contribution is 7.89. The van der Waals surface area contributed by atoms with Gasteiger partial charge in [0.05, 0.1) is 17.8 Å². The van der Waals surface area contributed by atoms with Crippen LogP contribution < -0.4 is 20.7 Å². The Balaban J connectivity index is 2.12. The number of unbranched alkanes of at least 4 members (excludes halogenated alkanes) is 1. The van der Waals surface area contributed by atoms with Gasteiger partial charge < -0.3 is 18.6 Å². The van der Waals surface area contributed by atoms with Gasteiger partial charge in [-0.15, -0.1) is 0 Å². The molecule has 0 spiro atoms. The predicted molar refractivity (Wildman–Crippen MR) is 132 cm³/mol. The van der Waals surface area contributed by atoms with E-state index in [1.807, 2.05) is 67.6 Å². The molecule has 0 aliphatic rings. The Morgan fingerprint density at radius 3 is 1.91 bits per heavy atom. The van der Waals surface area contributed by atoms with E-state index < -0.39 is 14.5 Å². The fraction of sp³-hybridized carbons (Fsp3) is 0.280. The van der Waals surface area contributed by atoms with Crippen LogP contribution in [0.4, 0.5) is 0 Å². The number of hydrogen-bond acceptors (Lipinski definition) is 5. The lowest BCUT2D eigenvalue weighted by atomic mass is 10.3. The Morgan fingerprint density at radius 1 is 0.781 bits per heavy atom. The topological polar surface area (TPSA) is 61.8 Å². The Morgan fingerprint density at radius 2 is 1.34 bits per heavy atom. The molecule has 0 aromatic heterocycles. The first kappa shape index (κ1) is 24.5. The van der Waals surface area contributed by atoms with Crippen molar-refractivity contribution in [3.8, 4) is 5.75 Å². The lowest BCUT2D eigenvalue weighted by Gasteiger charge is -2.27. The van der Waals surface area contributed by atoms with E-state index in [4.69, 9.17) is 14.0 Å². The molecule has 0 unspecified atom stereocenters. The molecule has 0 saturated heterocycles. The molecule has 0 aliphatic carbocycles. The summed E-state index contributed by atoms with van der Waals surface area (Å²) >= 11 is 0. The van der Waals surface area contributed by atoms with Gasteiger partial charge in [-0.25, -0.2) is 0 Å². The highest BCUT2D eigenvalue weighted by atomic mass is 31.2. The Kier molecular flexibility index (Phi) is 8.90. The van der Waals surface area contributed by atoms with Crippen LogP contribution in [0.3, 0.4) is 0 Å². The van der Waals surface area contributed by atoms with Crippen molar-refractivity contribution in [2.45, 2.75) is 19.8 Å². The van der Waals surface area contributed by atoms with E-state index in [1.54, 1.807) is 24.3 Å². The van der Waals surface area contributed by atoms with Crippen molar-refractivity contribution in [2.75, 3.05) is 26.4 Å². The first-order valence-electron chi connectivity index (χ1n) is 10.7. The van der Waals surface area contributed by atoms with Crippen LogP contribution in [-0.2, 0) is 18.4 Å². The van der Waals surface area contributed by atoms with Crippen molar-refractivity contribution in [2.24, 2.45) is 0 Å². The molecule has 3 aromatic rings. The van der Waals surface area contributed by atoms with E-state index in [2.05, 4.69) is 0 Å². The van der Waals surface area contributed by atoms with E-state index in [0.29, 0.717) is 28.3 Å². The van der Waals surface area contributed by atoms with Gasteiger partial charge in [-0.1, -0.05) is 86.1 Å². The average molecular weight is 472 g/mol. The number of methoxy groups -OCH3 is 1. The molecule has 0 fully saturated rings. The molecular weight excluding hydrogens is 442 g/mol. The standard InChI is InChI=1S/C25H30O5P2/c1-3-4-19-30-32(27,25-18-12-11-17-24(25)29-20-28-2)21-31(26,22-13-7-5-8-14-22)23-15-9-6-10-16-23/h5-18H,3-4,19-21H2,1-2H3/t32-/m1/s1. The summed E-state index contributed by atoms with van der Waals surface area (Å²) in [4.78, 5) is 0. The molecule has 170 valence electrons. The molecule has 0 bridgehead atoms. The molecule has 0 amide bonds. The van der Waals surface area contributed by atoms with Crippen molar-refractivity contribution in [3.05, 3.63) is 84.9 Å². The lowest BCUT2D eigenvalue weighted by Crippen LogP contribution is -2.23. The number of para-hydroxylation sites is 1. The summed E-state index contributed by atoms with van der Waals surface area (Å²) in [6, 6.07) is 25.6. The highest BCUT2D eigenvalue weighted by Gasteiger charge is 2.40. The summed E-state index contributed by atoms with van der Waals surface area (Å²) in [5.74, 6) is 0.298. The van der Waals surface area contributed by atoms with E-state index in [9.17, 15) is 9.13 Å². The van der Waals surface area contributed by atoms with Crippen LogP contribution in [0.5, 0.6) is 5.75 Å². The number of benzene rings is 3. The fourth-order valence-electron chi connectivity index (χ4n) is 3.44. The number of hydrogen-bond donors (Lipinski definition) is 0. The maximum atomic E-state index is 14.6. The molecule has 3 rings (SSSR count). The van der Waals surface area contributed by atoms with Crippen LogP contribution in [0.1, 0.15) is 19.8 Å². The van der Waals surface area contributed by atoms with E-state index in [1.165, 1.54) is 7.11 Å². The molecule has 7 heteroatoms. The first-order valence-corrected chi connectivity index (χ1v) is 14.4. The third-order valence-corrected chi connectivity index (χ3v) is 12.1. The molecule has 32 heavy (non-hydrogen) atoms. The minimum Gasteiger partial charge on any atom is -0.467 e. The SMILES string of the molecule is CCCCO[P@](=O)(CP(=O)(c1ccccc1)c1ccccc1)c1ccccc1OCOC. The molecule has 3 aromatic carbocycles. The first-order chi connectivity index (χ1) is 15.5. The van der Waals surface area contributed by atoms with Gasteiger partial charge in [0.15, 0.2) is 13.9 Å². The van der Waals surface area contributed by atoms with Crippen molar-refractivity contribution >= 4 is 30.4 Å². The zero-order valence-corrected chi connectivity index (χ0v) is 20.3. The molecular formula is C25H30O5P2. The number of ether oxygens (including phenoxy) is 2. The van der Waals surface area contributed by atoms with E-state index in [-0.39, 0.29) is 12.7 Å². The fourth-order valence-corrected chi connectivity index (χ4v) is 10.7. The maximum Gasteiger partial charge on any atom is 0.243 e. The zero-order chi connectivity index (χ0) is 22.9. The minimum atomic E-state index is -3.58. The summed E-state index contributed by atoms with van der Waals surface area (Å²) in [7, 11) is -5.33. The third kappa shape index (κ3) is 5.79. The van der Waals surface area contributed by atoms with Gasteiger partial charge in [-0.3, -0.25) is 4.57 Å². The molecule has 0 saturated carbocycles. The molecule has 5 nitrogen and oxygen atoms in total. The van der Waals surface area contributed by atoms with Gasteiger partial charge >= 0.3 is 0 Å². The van der Waals surface area contributed by atoms with Gasteiger partial charge in [0, 0.05) is 17.7 Å². The molecule has 1 atom stereocenters. The van der Waals surface area contributed by atoms with Crippen LogP contribution in [0.25, 0.3) is 0 Å². The second-order valence-corrected chi connectivity index (χ2v) is 13.2. The summed E-state index contributed by atoms with van der Waals surface area (Å²) in [5, 5.41) is 1.74. The van der Waals surface area contributed by atoms with Crippen molar-refractivity contribution in [3.63, 3.8) is 0 Å². The Bertz CT molecular complexity index is 1030. The second kappa shape index (κ2) is 11.6. The van der Waals surface area contributed by atoms with Crippen molar-refractivity contribution in [1.82, 2.24) is 0 Å². The van der Waals surface area contributed by atoms with Crippen molar-refractivity contribution < 1.29 is 23.1 Å². The monoisotopic (exact) mass is 472 g/mol. The summed E-state index contributed by atoms with van der Waals surface area (Å²) in [5.41, 5.74) is 0. The van der Waals surface area contributed by atoms with Gasteiger partial charge in [0.25, 0.3) is 0 Å². The molecule has 0 N–H and O–H groups in total. The van der Waals surface area contributed by atoms with Crippen LogP contribution >= 0.6 is 14.5 Å². The number of rotatable bonds is 12.